The van der Waals surface area contributed by atoms with Gasteiger partial charge in [-0.15, -0.1) is 0 Å². The Labute approximate surface area is 146 Å². The van der Waals surface area contributed by atoms with Gasteiger partial charge in [0, 0.05) is 31.4 Å². The number of nitriles is 1. The van der Waals surface area contributed by atoms with Gasteiger partial charge in [-0.2, -0.15) is 5.26 Å². The molecule has 2 aromatic heterocycles. The summed E-state index contributed by atoms with van der Waals surface area (Å²) in [6.07, 6.45) is 2.52. The Morgan fingerprint density at radius 1 is 1.00 bits per heavy atom. The van der Waals surface area contributed by atoms with Crippen LogP contribution in [-0.2, 0) is 13.0 Å². The van der Waals surface area contributed by atoms with E-state index in [-0.39, 0.29) is 5.82 Å². The maximum absolute atomic E-state index is 13.1. The number of anilines is 1. The third-order valence-electron chi connectivity index (χ3n) is 3.82. The van der Waals surface area contributed by atoms with E-state index in [0.29, 0.717) is 18.8 Å². The van der Waals surface area contributed by atoms with Gasteiger partial charge in [0.15, 0.2) is 0 Å². The van der Waals surface area contributed by atoms with E-state index in [1.807, 2.05) is 30.3 Å². The van der Waals surface area contributed by atoms with Crippen molar-refractivity contribution in [2.24, 2.45) is 0 Å². The molecular weight excluding hydrogens is 315 g/mol. The van der Waals surface area contributed by atoms with E-state index in [1.54, 1.807) is 24.4 Å². The normalized spacial score (nSPS) is 10.2. The summed E-state index contributed by atoms with van der Waals surface area (Å²) in [4.78, 5) is 10.8. The van der Waals surface area contributed by atoms with Gasteiger partial charge in [0.2, 0.25) is 0 Å². The molecule has 0 aliphatic heterocycles. The van der Waals surface area contributed by atoms with Crippen LogP contribution in [0, 0.1) is 17.1 Å². The Balaban J connectivity index is 1.81. The van der Waals surface area contributed by atoms with Crippen LogP contribution >= 0.6 is 0 Å². The van der Waals surface area contributed by atoms with Crippen molar-refractivity contribution in [1.82, 2.24) is 9.97 Å². The summed E-state index contributed by atoms with van der Waals surface area (Å²) in [7, 11) is 0. The quantitative estimate of drug-likeness (QED) is 0.690. The molecule has 5 heteroatoms. The van der Waals surface area contributed by atoms with Crippen LogP contribution in [0.25, 0.3) is 0 Å². The number of rotatable bonds is 6. The van der Waals surface area contributed by atoms with Gasteiger partial charge in [-0.1, -0.05) is 24.3 Å². The number of nitrogens with zero attached hydrogens (tertiary/aromatic N) is 4. The lowest BCUT2D eigenvalue weighted by Crippen LogP contribution is -2.26. The second-order valence-electron chi connectivity index (χ2n) is 5.61. The maximum Gasteiger partial charge on any atom is 0.142 e. The fraction of sp³-hybridized carbons (Fsp3) is 0.150. The van der Waals surface area contributed by atoms with Crippen LogP contribution in [0.4, 0.5) is 10.2 Å². The lowest BCUT2D eigenvalue weighted by Gasteiger charge is -2.24. The average molecular weight is 332 g/mol. The second-order valence-corrected chi connectivity index (χ2v) is 5.61. The molecule has 0 aliphatic carbocycles. The Hall–Kier alpha value is -3.26. The van der Waals surface area contributed by atoms with Crippen molar-refractivity contribution in [3.8, 4) is 6.07 Å². The van der Waals surface area contributed by atoms with Crippen LogP contribution in [0.3, 0.4) is 0 Å². The van der Waals surface area contributed by atoms with Crippen LogP contribution in [0.2, 0.25) is 0 Å². The fourth-order valence-corrected chi connectivity index (χ4v) is 2.54. The number of aromatic nitrogens is 2. The lowest BCUT2D eigenvalue weighted by molar-refractivity contribution is 0.626. The lowest BCUT2D eigenvalue weighted by atomic mass is 10.2. The molecule has 0 spiro atoms. The standard InChI is InChI=1S/C20H17FN4/c21-17-9-7-16(8-10-17)15-25(13-11-18-4-1-2-12-23-18)20-6-3-5-19(14-22)24-20/h1-10,12H,11,13,15H2. The molecule has 0 unspecified atom stereocenters. The van der Waals surface area contributed by atoms with Gasteiger partial charge in [-0.3, -0.25) is 4.98 Å². The molecule has 0 saturated carbocycles. The highest BCUT2D eigenvalue weighted by atomic mass is 19.1. The zero-order valence-electron chi connectivity index (χ0n) is 13.6. The molecule has 1 aromatic carbocycles. The largest absolute Gasteiger partial charge is 0.352 e. The summed E-state index contributed by atoms with van der Waals surface area (Å²) in [6, 6.07) is 19.7. The SMILES string of the molecule is N#Cc1cccc(N(CCc2ccccn2)Cc2ccc(F)cc2)n1. The Morgan fingerprint density at radius 3 is 2.56 bits per heavy atom. The molecule has 0 atom stereocenters. The number of benzene rings is 1. The monoisotopic (exact) mass is 332 g/mol. The van der Waals surface area contributed by atoms with Crippen LogP contribution in [0.15, 0.2) is 66.9 Å². The molecule has 25 heavy (non-hydrogen) atoms. The summed E-state index contributed by atoms with van der Waals surface area (Å²) < 4.78 is 13.1. The van der Waals surface area contributed by atoms with Crippen LogP contribution in [0.5, 0.6) is 0 Å². The Kier molecular flexibility index (Phi) is 5.32. The number of hydrogen-bond acceptors (Lipinski definition) is 4. The molecule has 0 amide bonds. The molecule has 3 rings (SSSR count). The highest BCUT2D eigenvalue weighted by Crippen LogP contribution is 2.16. The second kappa shape index (κ2) is 8.02. The van der Waals surface area contributed by atoms with Gasteiger partial charge in [-0.25, -0.2) is 9.37 Å². The Bertz CT molecular complexity index is 857. The van der Waals surface area contributed by atoms with Gasteiger partial charge in [-0.05, 0) is 42.0 Å². The highest BCUT2D eigenvalue weighted by molar-refractivity contribution is 5.42. The molecule has 0 bridgehead atoms. The van der Waals surface area contributed by atoms with Crippen molar-refractivity contribution in [1.29, 1.82) is 5.26 Å². The Morgan fingerprint density at radius 2 is 1.84 bits per heavy atom. The predicted octanol–water partition coefficient (Wildman–Crippen LogP) is 3.74. The summed E-state index contributed by atoms with van der Waals surface area (Å²) in [5, 5.41) is 9.09. The molecule has 124 valence electrons. The minimum absolute atomic E-state index is 0.256. The van der Waals surface area contributed by atoms with E-state index in [9.17, 15) is 4.39 Å². The average Bonchev–Trinajstić information content (AvgIpc) is 2.67. The molecule has 0 saturated heterocycles. The number of halogens is 1. The van der Waals surface area contributed by atoms with E-state index in [1.165, 1.54) is 12.1 Å². The highest BCUT2D eigenvalue weighted by Gasteiger charge is 2.11. The molecule has 3 aromatic rings. The van der Waals surface area contributed by atoms with E-state index < -0.39 is 0 Å². The first kappa shape index (κ1) is 16.6. The van der Waals surface area contributed by atoms with Crippen molar-refractivity contribution in [3.63, 3.8) is 0 Å². The van der Waals surface area contributed by atoms with Crippen molar-refractivity contribution >= 4 is 5.82 Å². The summed E-state index contributed by atoms with van der Waals surface area (Å²) in [5.74, 6) is 0.465. The molecule has 4 nitrogen and oxygen atoms in total. The predicted molar refractivity (Wildman–Crippen MR) is 94.3 cm³/mol. The van der Waals surface area contributed by atoms with E-state index in [0.717, 1.165) is 23.5 Å². The van der Waals surface area contributed by atoms with Crippen molar-refractivity contribution in [2.75, 3.05) is 11.4 Å². The fourth-order valence-electron chi connectivity index (χ4n) is 2.54. The molecule has 0 fully saturated rings. The van der Waals surface area contributed by atoms with Gasteiger partial charge < -0.3 is 4.90 Å². The third-order valence-corrected chi connectivity index (χ3v) is 3.82. The van der Waals surface area contributed by atoms with E-state index >= 15 is 0 Å². The number of pyridine rings is 2. The van der Waals surface area contributed by atoms with E-state index in [2.05, 4.69) is 20.9 Å². The molecule has 0 radical (unpaired) electrons. The first-order chi connectivity index (χ1) is 12.2. The maximum atomic E-state index is 13.1. The molecular formula is C20H17FN4. The van der Waals surface area contributed by atoms with Crippen LogP contribution in [-0.4, -0.2) is 16.5 Å². The van der Waals surface area contributed by atoms with Gasteiger partial charge in [0.1, 0.15) is 23.4 Å². The van der Waals surface area contributed by atoms with Gasteiger partial charge in [0.25, 0.3) is 0 Å². The van der Waals surface area contributed by atoms with Gasteiger partial charge in [0.05, 0.1) is 0 Å². The zero-order valence-corrected chi connectivity index (χ0v) is 13.6. The van der Waals surface area contributed by atoms with Crippen LogP contribution in [0.1, 0.15) is 17.0 Å². The van der Waals surface area contributed by atoms with Crippen molar-refractivity contribution < 1.29 is 4.39 Å². The van der Waals surface area contributed by atoms with Crippen molar-refractivity contribution in [2.45, 2.75) is 13.0 Å². The van der Waals surface area contributed by atoms with Gasteiger partial charge >= 0.3 is 0 Å². The molecule has 0 aliphatic rings. The first-order valence-electron chi connectivity index (χ1n) is 8.01. The topological polar surface area (TPSA) is 52.8 Å². The minimum Gasteiger partial charge on any atom is -0.352 e. The minimum atomic E-state index is -0.256. The van der Waals surface area contributed by atoms with Crippen molar-refractivity contribution in [3.05, 3.63) is 89.6 Å². The third kappa shape index (κ3) is 4.61. The summed E-state index contributed by atoms with van der Waals surface area (Å²) in [5.41, 5.74) is 2.34. The number of hydrogen-bond donors (Lipinski definition) is 0. The smallest absolute Gasteiger partial charge is 0.142 e. The van der Waals surface area contributed by atoms with Crippen LogP contribution < -0.4 is 4.90 Å². The van der Waals surface area contributed by atoms with E-state index in [4.69, 9.17) is 5.26 Å². The molecule has 0 N–H and O–H groups in total. The summed E-state index contributed by atoms with van der Waals surface area (Å²) >= 11 is 0. The first-order valence-corrected chi connectivity index (χ1v) is 8.01. The summed E-state index contributed by atoms with van der Waals surface area (Å²) in [6.45, 7) is 1.27. The molecule has 2 heterocycles. The zero-order chi connectivity index (χ0) is 17.5.